The Bertz CT molecular complexity index is 621. The number of aromatic nitrogens is 3. The van der Waals surface area contributed by atoms with Crippen LogP contribution in [-0.4, -0.2) is 40.3 Å². The molecule has 0 radical (unpaired) electrons. The van der Waals surface area contributed by atoms with Gasteiger partial charge in [0.1, 0.15) is 5.52 Å². The van der Waals surface area contributed by atoms with Gasteiger partial charge in [-0.05, 0) is 6.92 Å². The Morgan fingerprint density at radius 1 is 1.40 bits per heavy atom. The molecule has 2 aromatic heterocycles. The Hall–Kier alpha value is -1.83. The summed E-state index contributed by atoms with van der Waals surface area (Å²) in [4.78, 5) is 6.21. The van der Waals surface area contributed by atoms with E-state index in [4.69, 9.17) is 0 Å². The summed E-state index contributed by atoms with van der Waals surface area (Å²) in [6.45, 7) is 4.23. The van der Waals surface area contributed by atoms with E-state index in [0.717, 1.165) is 12.6 Å². The fraction of sp³-hybridized carbons (Fsp3) is 0.500. The Morgan fingerprint density at radius 3 is 2.90 bits per heavy atom. The molecule has 1 saturated heterocycles. The van der Waals surface area contributed by atoms with Gasteiger partial charge in [-0.1, -0.05) is 0 Å². The number of nitrogens with one attached hydrogen (secondary N) is 1. The van der Waals surface area contributed by atoms with Crippen LogP contribution >= 0.6 is 0 Å². The van der Waals surface area contributed by atoms with Crippen molar-refractivity contribution in [3.63, 3.8) is 0 Å². The van der Waals surface area contributed by atoms with E-state index in [2.05, 4.69) is 15.4 Å². The Labute approximate surface area is 113 Å². The fourth-order valence-electron chi connectivity index (χ4n) is 2.42. The van der Waals surface area contributed by atoms with E-state index in [-0.39, 0.29) is 6.04 Å². The predicted molar refractivity (Wildman–Crippen MR) is 67.7 cm³/mol. The molecule has 3 rings (SSSR count). The highest BCUT2D eigenvalue weighted by Crippen LogP contribution is 2.31. The van der Waals surface area contributed by atoms with E-state index in [1.807, 2.05) is 11.8 Å². The molecule has 0 bridgehead atoms. The second kappa shape index (κ2) is 4.62. The van der Waals surface area contributed by atoms with Crippen LogP contribution in [0.15, 0.2) is 18.5 Å². The van der Waals surface area contributed by atoms with Crippen molar-refractivity contribution in [2.24, 2.45) is 0 Å². The first-order valence-corrected chi connectivity index (χ1v) is 6.35. The van der Waals surface area contributed by atoms with Gasteiger partial charge >= 0.3 is 6.18 Å². The number of nitrogens with zero attached hydrogens (tertiary/aromatic N) is 4. The van der Waals surface area contributed by atoms with Gasteiger partial charge < -0.3 is 10.2 Å². The second-order valence-corrected chi connectivity index (χ2v) is 4.91. The summed E-state index contributed by atoms with van der Waals surface area (Å²) in [5.41, 5.74) is -0.510. The summed E-state index contributed by atoms with van der Waals surface area (Å²) in [6.07, 6.45) is -1.54. The predicted octanol–water partition coefficient (Wildman–Crippen LogP) is 1.55. The lowest BCUT2D eigenvalue weighted by Crippen LogP contribution is -2.49. The van der Waals surface area contributed by atoms with Crippen molar-refractivity contribution in [2.45, 2.75) is 19.1 Å². The van der Waals surface area contributed by atoms with E-state index in [9.17, 15) is 13.2 Å². The standard InChI is InChI=1S/C12H14F3N5/c1-8-7-19(4-2-16-8)11-9-6-10(12(13,14)15)18-20(9)5-3-17-11/h3,5-6,8,16H,2,4,7H2,1H3. The van der Waals surface area contributed by atoms with E-state index in [1.165, 1.54) is 16.9 Å². The maximum absolute atomic E-state index is 12.7. The summed E-state index contributed by atoms with van der Waals surface area (Å²) in [5, 5.41) is 6.86. The summed E-state index contributed by atoms with van der Waals surface area (Å²) in [6, 6.07) is 1.32. The molecule has 20 heavy (non-hydrogen) atoms. The first kappa shape index (κ1) is 13.2. The molecule has 0 spiro atoms. The van der Waals surface area contributed by atoms with Crippen LogP contribution in [0.4, 0.5) is 19.0 Å². The molecule has 0 aliphatic carbocycles. The number of hydrogen-bond acceptors (Lipinski definition) is 4. The van der Waals surface area contributed by atoms with Gasteiger partial charge in [-0.2, -0.15) is 18.3 Å². The van der Waals surface area contributed by atoms with Gasteiger partial charge in [0.2, 0.25) is 0 Å². The van der Waals surface area contributed by atoms with Crippen LogP contribution in [0.1, 0.15) is 12.6 Å². The molecule has 1 unspecified atom stereocenters. The van der Waals surface area contributed by atoms with Gasteiger partial charge in [-0.3, -0.25) is 0 Å². The van der Waals surface area contributed by atoms with E-state index < -0.39 is 11.9 Å². The first-order chi connectivity index (χ1) is 9.45. The molecule has 1 atom stereocenters. The molecule has 8 heteroatoms. The highest BCUT2D eigenvalue weighted by molar-refractivity contribution is 5.69. The van der Waals surface area contributed by atoms with Crippen molar-refractivity contribution in [1.82, 2.24) is 19.9 Å². The molecule has 1 aliphatic heterocycles. The SMILES string of the molecule is CC1CN(c2nccn3nc(C(F)(F)F)cc23)CCN1. The maximum atomic E-state index is 12.7. The highest BCUT2D eigenvalue weighted by Gasteiger charge is 2.34. The van der Waals surface area contributed by atoms with Crippen LogP contribution in [0.2, 0.25) is 0 Å². The molecule has 1 aliphatic rings. The van der Waals surface area contributed by atoms with Gasteiger partial charge in [0, 0.05) is 44.1 Å². The fourth-order valence-corrected chi connectivity index (χ4v) is 2.42. The van der Waals surface area contributed by atoms with Gasteiger partial charge in [-0.25, -0.2) is 9.50 Å². The van der Waals surface area contributed by atoms with Crippen molar-refractivity contribution >= 4 is 11.3 Å². The topological polar surface area (TPSA) is 45.5 Å². The third-order valence-corrected chi connectivity index (χ3v) is 3.33. The Morgan fingerprint density at radius 2 is 2.20 bits per heavy atom. The van der Waals surface area contributed by atoms with Crippen molar-refractivity contribution in [2.75, 3.05) is 24.5 Å². The van der Waals surface area contributed by atoms with Gasteiger partial charge in [0.25, 0.3) is 0 Å². The summed E-state index contributed by atoms with van der Waals surface area (Å²) < 4.78 is 39.5. The Balaban J connectivity index is 2.04. The smallest absolute Gasteiger partial charge is 0.352 e. The lowest BCUT2D eigenvalue weighted by atomic mass is 10.2. The van der Waals surface area contributed by atoms with E-state index >= 15 is 0 Å². The minimum absolute atomic E-state index is 0.274. The molecule has 1 N–H and O–H groups in total. The average molecular weight is 285 g/mol. The minimum Gasteiger partial charge on any atom is -0.352 e. The quantitative estimate of drug-likeness (QED) is 0.863. The summed E-state index contributed by atoms with van der Waals surface area (Å²) >= 11 is 0. The number of alkyl halides is 3. The molecular formula is C12H14F3N5. The lowest BCUT2D eigenvalue weighted by molar-refractivity contribution is -0.141. The third kappa shape index (κ3) is 2.31. The average Bonchev–Trinajstić information content (AvgIpc) is 2.82. The molecule has 0 aromatic carbocycles. The monoisotopic (exact) mass is 285 g/mol. The number of piperazine rings is 1. The van der Waals surface area contributed by atoms with Gasteiger partial charge in [-0.15, -0.1) is 0 Å². The van der Waals surface area contributed by atoms with Crippen molar-refractivity contribution in [3.05, 3.63) is 24.2 Å². The van der Waals surface area contributed by atoms with Crippen LogP contribution in [-0.2, 0) is 6.18 Å². The number of halogens is 3. The zero-order valence-corrected chi connectivity index (χ0v) is 10.9. The zero-order valence-electron chi connectivity index (χ0n) is 10.9. The first-order valence-electron chi connectivity index (χ1n) is 6.35. The largest absolute Gasteiger partial charge is 0.435 e. The number of hydrogen-bond donors (Lipinski definition) is 1. The van der Waals surface area contributed by atoms with E-state index in [1.54, 1.807) is 0 Å². The Kier molecular flexibility index (Phi) is 3.04. The third-order valence-electron chi connectivity index (χ3n) is 3.33. The minimum atomic E-state index is -4.44. The normalized spacial score (nSPS) is 20.6. The van der Waals surface area contributed by atoms with Crippen molar-refractivity contribution in [3.8, 4) is 0 Å². The molecule has 0 saturated carbocycles. The molecule has 3 heterocycles. The lowest BCUT2D eigenvalue weighted by Gasteiger charge is -2.32. The molecular weight excluding hydrogens is 271 g/mol. The summed E-state index contributed by atoms with van der Waals surface area (Å²) in [5.74, 6) is 0.545. The van der Waals surface area contributed by atoms with Crippen LogP contribution in [0.5, 0.6) is 0 Å². The van der Waals surface area contributed by atoms with Crippen LogP contribution in [0.3, 0.4) is 0 Å². The van der Waals surface area contributed by atoms with Gasteiger partial charge in [0.15, 0.2) is 11.5 Å². The number of rotatable bonds is 1. The van der Waals surface area contributed by atoms with Crippen LogP contribution in [0, 0.1) is 0 Å². The molecule has 0 amide bonds. The van der Waals surface area contributed by atoms with Crippen LogP contribution in [0.25, 0.3) is 5.52 Å². The van der Waals surface area contributed by atoms with Gasteiger partial charge in [0.05, 0.1) is 0 Å². The maximum Gasteiger partial charge on any atom is 0.435 e. The second-order valence-electron chi connectivity index (χ2n) is 4.91. The molecule has 1 fully saturated rings. The van der Waals surface area contributed by atoms with E-state index in [0.29, 0.717) is 24.4 Å². The molecule has 108 valence electrons. The summed E-state index contributed by atoms with van der Waals surface area (Å²) in [7, 11) is 0. The molecule has 2 aromatic rings. The van der Waals surface area contributed by atoms with Crippen LogP contribution < -0.4 is 10.2 Å². The van der Waals surface area contributed by atoms with Crippen molar-refractivity contribution < 1.29 is 13.2 Å². The highest BCUT2D eigenvalue weighted by atomic mass is 19.4. The number of fused-ring (bicyclic) bond motifs is 1. The zero-order chi connectivity index (χ0) is 14.3. The van der Waals surface area contributed by atoms with Crippen molar-refractivity contribution in [1.29, 1.82) is 0 Å². The molecule has 5 nitrogen and oxygen atoms in total. The number of anilines is 1.